The lowest BCUT2D eigenvalue weighted by atomic mass is 9.89. The molecule has 2 N–H and O–H groups in total. The van der Waals surface area contributed by atoms with Crippen LogP contribution in [0.2, 0.25) is 0 Å². The van der Waals surface area contributed by atoms with Crippen LogP contribution >= 0.6 is 0 Å². The van der Waals surface area contributed by atoms with Crippen LogP contribution in [0, 0.1) is 0 Å². The van der Waals surface area contributed by atoms with Crippen molar-refractivity contribution in [3.63, 3.8) is 0 Å². The van der Waals surface area contributed by atoms with E-state index in [1.807, 2.05) is 19.1 Å². The molecule has 4 nitrogen and oxygen atoms in total. The van der Waals surface area contributed by atoms with Gasteiger partial charge >= 0.3 is 0 Å². The number of ketones is 1. The van der Waals surface area contributed by atoms with Crippen LogP contribution in [-0.4, -0.2) is 29.4 Å². The van der Waals surface area contributed by atoms with E-state index in [0.29, 0.717) is 12.0 Å². The van der Waals surface area contributed by atoms with Crippen LogP contribution in [-0.2, 0) is 17.6 Å². The Hall–Kier alpha value is -1.68. The van der Waals surface area contributed by atoms with Gasteiger partial charge in [-0.15, -0.1) is 0 Å². The molecule has 22 heavy (non-hydrogen) atoms. The summed E-state index contributed by atoms with van der Waals surface area (Å²) in [5.41, 5.74) is 3.35. The summed E-state index contributed by atoms with van der Waals surface area (Å²) >= 11 is 0. The third-order valence-corrected chi connectivity index (χ3v) is 4.33. The highest BCUT2D eigenvalue weighted by Gasteiger charge is 2.15. The highest BCUT2D eigenvalue weighted by molar-refractivity contribution is 5.98. The Balaban J connectivity index is 1.88. The summed E-state index contributed by atoms with van der Waals surface area (Å²) in [6.07, 6.45) is 5.63. The number of benzene rings is 1. The van der Waals surface area contributed by atoms with E-state index in [9.17, 15) is 9.59 Å². The third-order valence-electron chi connectivity index (χ3n) is 4.33. The molecule has 2 rings (SSSR count). The zero-order valence-corrected chi connectivity index (χ0v) is 13.2. The maximum absolute atomic E-state index is 12.2. The summed E-state index contributed by atoms with van der Waals surface area (Å²) < 4.78 is 0. The number of hydrogen-bond acceptors (Lipinski definition) is 3. The largest absolute Gasteiger partial charge is 0.394 e. The first-order chi connectivity index (χ1) is 10.6. The first-order valence-electron chi connectivity index (χ1n) is 8.19. The molecule has 0 aliphatic heterocycles. The first-order valence-corrected chi connectivity index (χ1v) is 8.19. The summed E-state index contributed by atoms with van der Waals surface area (Å²) in [6, 6.07) is 5.72. The Bertz CT molecular complexity index is 535. The molecule has 0 spiro atoms. The smallest absolute Gasteiger partial charge is 0.220 e. The lowest BCUT2D eigenvalue weighted by Gasteiger charge is -2.16. The van der Waals surface area contributed by atoms with E-state index in [1.54, 1.807) is 0 Å². The standard InChI is InChI=1S/C18H25NO3/c1-2-16(12-20)19-18(22)10-9-17(21)15-8-7-13-5-3-4-6-14(13)11-15/h7-8,11,16,20H,2-6,9-10,12H2,1H3,(H,19,22). The Morgan fingerprint density at radius 2 is 1.91 bits per heavy atom. The average Bonchev–Trinajstić information content (AvgIpc) is 2.57. The number of fused-ring (bicyclic) bond motifs is 1. The van der Waals surface area contributed by atoms with Gasteiger partial charge in [-0.25, -0.2) is 0 Å². The molecule has 0 fully saturated rings. The number of aliphatic hydroxyl groups excluding tert-OH is 1. The van der Waals surface area contributed by atoms with Crippen LogP contribution < -0.4 is 5.32 Å². The van der Waals surface area contributed by atoms with E-state index >= 15 is 0 Å². The molecule has 1 unspecified atom stereocenters. The zero-order valence-electron chi connectivity index (χ0n) is 13.2. The summed E-state index contributed by atoms with van der Waals surface area (Å²) in [6.45, 7) is 1.83. The molecule has 0 bridgehead atoms. The minimum atomic E-state index is -0.216. The van der Waals surface area contributed by atoms with E-state index < -0.39 is 0 Å². The SMILES string of the molecule is CCC(CO)NC(=O)CCC(=O)c1ccc2c(c1)CCCC2. The second-order valence-corrected chi connectivity index (χ2v) is 5.97. The molecular formula is C18H25NO3. The maximum Gasteiger partial charge on any atom is 0.220 e. The molecule has 120 valence electrons. The second-order valence-electron chi connectivity index (χ2n) is 5.97. The number of aryl methyl sites for hydroxylation is 2. The molecular weight excluding hydrogens is 278 g/mol. The van der Waals surface area contributed by atoms with E-state index in [2.05, 4.69) is 11.4 Å². The normalized spacial score (nSPS) is 15.0. The molecule has 0 saturated carbocycles. The Morgan fingerprint density at radius 3 is 2.59 bits per heavy atom. The number of aliphatic hydroxyl groups is 1. The van der Waals surface area contributed by atoms with Gasteiger partial charge in [-0.2, -0.15) is 0 Å². The van der Waals surface area contributed by atoms with Gasteiger partial charge in [0, 0.05) is 18.4 Å². The van der Waals surface area contributed by atoms with Gasteiger partial charge in [-0.05, 0) is 49.3 Å². The Kier molecular flexibility index (Phi) is 6.13. The van der Waals surface area contributed by atoms with Gasteiger partial charge in [0.05, 0.1) is 12.6 Å². The van der Waals surface area contributed by atoms with Gasteiger partial charge in [0.1, 0.15) is 0 Å². The lowest BCUT2D eigenvalue weighted by molar-refractivity contribution is -0.122. The van der Waals surface area contributed by atoms with Gasteiger partial charge in [0.2, 0.25) is 5.91 Å². The molecule has 1 aliphatic rings. The topological polar surface area (TPSA) is 66.4 Å². The minimum Gasteiger partial charge on any atom is -0.394 e. The van der Waals surface area contributed by atoms with E-state index in [0.717, 1.165) is 12.8 Å². The van der Waals surface area contributed by atoms with Crippen molar-refractivity contribution in [2.24, 2.45) is 0 Å². The number of carbonyl (C=O) groups excluding carboxylic acids is 2. The van der Waals surface area contributed by atoms with Crippen molar-refractivity contribution < 1.29 is 14.7 Å². The van der Waals surface area contributed by atoms with Crippen LogP contribution in [0.5, 0.6) is 0 Å². The monoisotopic (exact) mass is 303 g/mol. The molecule has 0 aromatic heterocycles. The van der Waals surface area contributed by atoms with Gasteiger partial charge in [-0.1, -0.05) is 19.1 Å². The molecule has 0 heterocycles. The number of Topliss-reactive ketones (excluding diaryl/α,β-unsaturated/α-hetero) is 1. The Morgan fingerprint density at radius 1 is 1.18 bits per heavy atom. The lowest BCUT2D eigenvalue weighted by Crippen LogP contribution is -2.37. The van der Waals surface area contributed by atoms with Gasteiger partial charge in [0.15, 0.2) is 5.78 Å². The van der Waals surface area contributed by atoms with E-state index in [4.69, 9.17) is 5.11 Å². The molecule has 1 amide bonds. The maximum atomic E-state index is 12.2. The number of carbonyl (C=O) groups is 2. The predicted molar refractivity (Wildman–Crippen MR) is 86.0 cm³/mol. The molecule has 1 aromatic carbocycles. The first kappa shape index (κ1) is 16.7. The molecule has 1 aromatic rings. The Labute approximate surface area is 131 Å². The minimum absolute atomic E-state index is 0.0144. The summed E-state index contributed by atoms with van der Waals surface area (Å²) in [5, 5.41) is 11.8. The predicted octanol–water partition coefficient (Wildman–Crippen LogP) is 2.42. The summed E-state index contributed by atoms with van der Waals surface area (Å²) in [5.74, 6) is -0.159. The fourth-order valence-corrected chi connectivity index (χ4v) is 2.85. The quantitative estimate of drug-likeness (QED) is 0.760. The van der Waals surface area contributed by atoms with Crippen LogP contribution in [0.25, 0.3) is 0 Å². The fourth-order valence-electron chi connectivity index (χ4n) is 2.85. The van der Waals surface area contributed by atoms with Gasteiger partial charge in [-0.3, -0.25) is 9.59 Å². The van der Waals surface area contributed by atoms with Crippen molar-refractivity contribution in [1.82, 2.24) is 5.32 Å². The summed E-state index contributed by atoms with van der Waals surface area (Å²) in [7, 11) is 0. The van der Waals surface area contributed by atoms with Crippen molar-refractivity contribution in [3.8, 4) is 0 Å². The highest BCUT2D eigenvalue weighted by Crippen LogP contribution is 2.22. The number of nitrogens with one attached hydrogen (secondary N) is 1. The molecule has 0 saturated heterocycles. The van der Waals surface area contributed by atoms with Crippen molar-refractivity contribution in [2.45, 2.75) is 57.9 Å². The molecule has 1 atom stereocenters. The van der Waals surface area contributed by atoms with Crippen LogP contribution in [0.1, 0.15) is 60.5 Å². The third kappa shape index (κ3) is 4.41. The van der Waals surface area contributed by atoms with Crippen LogP contribution in [0.4, 0.5) is 0 Å². The van der Waals surface area contributed by atoms with E-state index in [-0.39, 0.29) is 37.2 Å². The van der Waals surface area contributed by atoms with Crippen molar-refractivity contribution in [2.75, 3.05) is 6.61 Å². The van der Waals surface area contributed by atoms with Crippen LogP contribution in [0.3, 0.4) is 0 Å². The van der Waals surface area contributed by atoms with E-state index in [1.165, 1.54) is 24.0 Å². The zero-order chi connectivity index (χ0) is 15.9. The van der Waals surface area contributed by atoms with Gasteiger partial charge < -0.3 is 10.4 Å². The fraction of sp³-hybridized carbons (Fsp3) is 0.556. The summed E-state index contributed by atoms with van der Waals surface area (Å²) in [4.78, 5) is 24.0. The molecule has 4 heteroatoms. The molecule has 0 radical (unpaired) electrons. The van der Waals surface area contributed by atoms with Crippen molar-refractivity contribution in [3.05, 3.63) is 34.9 Å². The second kappa shape index (κ2) is 8.08. The number of rotatable bonds is 7. The average molecular weight is 303 g/mol. The highest BCUT2D eigenvalue weighted by atomic mass is 16.3. The van der Waals surface area contributed by atoms with Crippen LogP contribution in [0.15, 0.2) is 18.2 Å². The van der Waals surface area contributed by atoms with Crippen molar-refractivity contribution in [1.29, 1.82) is 0 Å². The van der Waals surface area contributed by atoms with Gasteiger partial charge in [0.25, 0.3) is 0 Å². The number of hydrogen-bond donors (Lipinski definition) is 2. The molecule has 1 aliphatic carbocycles. The number of amides is 1. The van der Waals surface area contributed by atoms with Crippen molar-refractivity contribution >= 4 is 11.7 Å².